The first kappa shape index (κ1) is 11.5. The molecule has 0 fully saturated rings. The molecule has 0 spiro atoms. The van der Waals surface area contributed by atoms with Crippen LogP contribution in [0.3, 0.4) is 0 Å². The highest BCUT2D eigenvalue weighted by Crippen LogP contribution is 2.30. The van der Waals surface area contributed by atoms with Gasteiger partial charge in [0, 0.05) is 17.1 Å². The zero-order valence-corrected chi connectivity index (χ0v) is 9.15. The van der Waals surface area contributed by atoms with Crippen molar-refractivity contribution in [2.24, 2.45) is 0 Å². The summed E-state index contributed by atoms with van der Waals surface area (Å²) in [5.74, 6) is 0. The van der Waals surface area contributed by atoms with Gasteiger partial charge >= 0.3 is 0 Å². The van der Waals surface area contributed by atoms with Crippen LogP contribution in [0.15, 0.2) is 6.20 Å². The average molecular weight is 284 g/mol. The molecule has 0 aromatic carbocycles. The minimum Gasteiger partial charge on any atom is -0.298 e. The first-order valence-corrected chi connectivity index (χ1v) is 5.08. The van der Waals surface area contributed by atoms with E-state index >= 15 is 0 Å². The van der Waals surface area contributed by atoms with Crippen molar-refractivity contribution in [3.05, 3.63) is 28.0 Å². The maximum Gasteiger partial charge on any atom is 0.267 e. The standard InChI is InChI=1S/C8H5BrClF2NO/c9-1-4-2-13-7(10)6(8(11)12)5(4)3-14/h2-3,8H,1H2. The van der Waals surface area contributed by atoms with E-state index in [4.69, 9.17) is 11.6 Å². The lowest BCUT2D eigenvalue weighted by Crippen LogP contribution is -2.01. The van der Waals surface area contributed by atoms with Crippen LogP contribution in [0.1, 0.15) is 27.9 Å². The number of pyridine rings is 1. The molecule has 1 aromatic rings. The molecule has 0 unspecified atom stereocenters. The number of aldehydes is 1. The molecule has 0 bridgehead atoms. The summed E-state index contributed by atoms with van der Waals surface area (Å²) in [5.41, 5.74) is -0.185. The molecule has 0 aliphatic heterocycles. The Balaban J connectivity index is 3.42. The monoisotopic (exact) mass is 283 g/mol. The Kier molecular flexibility index (Phi) is 3.95. The molecule has 0 aliphatic carbocycles. The first-order valence-electron chi connectivity index (χ1n) is 3.58. The summed E-state index contributed by atoms with van der Waals surface area (Å²) in [7, 11) is 0. The fourth-order valence-electron chi connectivity index (χ4n) is 1.01. The molecule has 0 saturated heterocycles. The molecule has 1 rings (SSSR count). The molecule has 0 radical (unpaired) electrons. The highest BCUT2D eigenvalue weighted by molar-refractivity contribution is 9.08. The molecule has 0 amide bonds. The number of aromatic nitrogens is 1. The number of halogens is 4. The van der Waals surface area contributed by atoms with E-state index in [1.165, 1.54) is 6.20 Å². The summed E-state index contributed by atoms with van der Waals surface area (Å²) in [6.45, 7) is 0. The smallest absolute Gasteiger partial charge is 0.267 e. The Morgan fingerprint density at radius 2 is 2.29 bits per heavy atom. The minimum absolute atomic E-state index is 0.0862. The van der Waals surface area contributed by atoms with Gasteiger partial charge in [-0.05, 0) is 5.56 Å². The molecular formula is C8H5BrClF2NO. The van der Waals surface area contributed by atoms with Gasteiger partial charge in [-0.25, -0.2) is 13.8 Å². The van der Waals surface area contributed by atoms with E-state index in [-0.39, 0.29) is 16.0 Å². The van der Waals surface area contributed by atoms with Gasteiger partial charge in [-0.1, -0.05) is 27.5 Å². The topological polar surface area (TPSA) is 30.0 Å². The van der Waals surface area contributed by atoms with E-state index < -0.39 is 12.0 Å². The van der Waals surface area contributed by atoms with E-state index in [1.54, 1.807) is 0 Å². The van der Waals surface area contributed by atoms with E-state index in [9.17, 15) is 13.6 Å². The van der Waals surface area contributed by atoms with E-state index in [1.807, 2.05) is 0 Å². The summed E-state index contributed by atoms with van der Waals surface area (Å²) >= 11 is 8.54. The Labute approximate surface area is 92.4 Å². The van der Waals surface area contributed by atoms with Gasteiger partial charge in [0.2, 0.25) is 0 Å². The molecule has 0 aliphatic rings. The Morgan fingerprint density at radius 3 is 2.71 bits per heavy atom. The summed E-state index contributed by atoms with van der Waals surface area (Å²) in [6.07, 6.45) is -1.13. The van der Waals surface area contributed by atoms with Gasteiger partial charge in [-0.15, -0.1) is 0 Å². The molecule has 1 heterocycles. The minimum atomic E-state index is -2.80. The fraction of sp³-hybridized carbons (Fsp3) is 0.250. The van der Waals surface area contributed by atoms with Crippen LogP contribution in [-0.4, -0.2) is 11.3 Å². The number of alkyl halides is 3. The normalized spacial score (nSPS) is 10.6. The third-order valence-electron chi connectivity index (χ3n) is 1.67. The molecule has 14 heavy (non-hydrogen) atoms. The van der Waals surface area contributed by atoms with Gasteiger partial charge in [-0.3, -0.25) is 4.79 Å². The summed E-state index contributed by atoms with van der Waals surface area (Å²) in [6, 6.07) is 0. The van der Waals surface area contributed by atoms with Gasteiger partial charge in [0.05, 0.1) is 5.56 Å². The average Bonchev–Trinajstić information content (AvgIpc) is 2.16. The highest BCUT2D eigenvalue weighted by atomic mass is 79.9. The number of hydrogen-bond acceptors (Lipinski definition) is 2. The second kappa shape index (κ2) is 4.79. The van der Waals surface area contributed by atoms with Crippen molar-refractivity contribution in [3.8, 4) is 0 Å². The van der Waals surface area contributed by atoms with Crippen molar-refractivity contribution < 1.29 is 13.6 Å². The molecule has 0 saturated carbocycles. The van der Waals surface area contributed by atoms with Crippen molar-refractivity contribution in [1.29, 1.82) is 0 Å². The zero-order chi connectivity index (χ0) is 10.7. The second-order valence-electron chi connectivity index (χ2n) is 2.45. The summed E-state index contributed by atoms with van der Waals surface area (Å²) in [4.78, 5) is 14.2. The van der Waals surface area contributed by atoms with Crippen LogP contribution in [0.25, 0.3) is 0 Å². The number of rotatable bonds is 3. The van der Waals surface area contributed by atoms with Crippen LogP contribution >= 0.6 is 27.5 Å². The van der Waals surface area contributed by atoms with Gasteiger partial charge < -0.3 is 0 Å². The molecule has 1 aromatic heterocycles. The third kappa shape index (κ3) is 2.09. The third-order valence-corrected chi connectivity index (χ3v) is 2.58. The van der Waals surface area contributed by atoms with Crippen molar-refractivity contribution in [1.82, 2.24) is 4.98 Å². The highest BCUT2D eigenvalue weighted by Gasteiger charge is 2.20. The van der Waals surface area contributed by atoms with Gasteiger partial charge in [0.25, 0.3) is 6.43 Å². The van der Waals surface area contributed by atoms with Crippen LogP contribution in [0.4, 0.5) is 8.78 Å². The quantitative estimate of drug-likeness (QED) is 0.484. The molecular weight excluding hydrogens is 279 g/mol. The van der Waals surface area contributed by atoms with Crippen LogP contribution in [-0.2, 0) is 5.33 Å². The van der Waals surface area contributed by atoms with Crippen LogP contribution in [0.2, 0.25) is 5.15 Å². The van der Waals surface area contributed by atoms with Gasteiger partial charge in [0.15, 0.2) is 6.29 Å². The molecule has 6 heteroatoms. The fourth-order valence-corrected chi connectivity index (χ4v) is 1.69. The Morgan fingerprint density at radius 1 is 1.64 bits per heavy atom. The van der Waals surface area contributed by atoms with E-state index in [0.29, 0.717) is 11.8 Å². The number of carbonyl (C=O) groups excluding carboxylic acids is 1. The van der Waals surface area contributed by atoms with Crippen LogP contribution in [0.5, 0.6) is 0 Å². The number of hydrogen-bond donors (Lipinski definition) is 0. The SMILES string of the molecule is O=Cc1c(CBr)cnc(Cl)c1C(F)F. The van der Waals surface area contributed by atoms with Gasteiger partial charge in [-0.2, -0.15) is 0 Å². The molecule has 0 atom stereocenters. The number of carbonyl (C=O) groups is 1. The number of nitrogens with zero attached hydrogens (tertiary/aromatic N) is 1. The lowest BCUT2D eigenvalue weighted by molar-refractivity contribution is 0.110. The molecule has 2 nitrogen and oxygen atoms in total. The Hall–Kier alpha value is -0.550. The predicted octanol–water partition coefficient (Wildman–Crippen LogP) is 3.38. The lowest BCUT2D eigenvalue weighted by Gasteiger charge is -2.08. The maximum atomic E-state index is 12.5. The first-order chi connectivity index (χ1) is 6.61. The van der Waals surface area contributed by atoms with E-state index in [0.717, 1.165) is 0 Å². The van der Waals surface area contributed by atoms with Crippen molar-refractivity contribution in [2.75, 3.05) is 0 Å². The second-order valence-corrected chi connectivity index (χ2v) is 3.37. The van der Waals surface area contributed by atoms with Crippen molar-refractivity contribution in [3.63, 3.8) is 0 Å². The summed E-state index contributed by atoms with van der Waals surface area (Å²) in [5, 5.41) is -0.0443. The zero-order valence-electron chi connectivity index (χ0n) is 6.81. The molecule has 76 valence electrons. The van der Waals surface area contributed by atoms with Crippen LogP contribution < -0.4 is 0 Å². The largest absolute Gasteiger partial charge is 0.298 e. The predicted molar refractivity (Wildman–Crippen MR) is 52.2 cm³/mol. The summed E-state index contributed by atoms with van der Waals surface area (Å²) < 4.78 is 25.0. The van der Waals surface area contributed by atoms with E-state index in [2.05, 4.69) is 20.9 Å². The van der Waals surface area contributed by atoms with Gasteiger partial charge in [0.1, 0.15) is 5.15 Å². The van der Waals surface area contributed by atoms with Crippen molar-refractivity contribution >= 4 is 33.8 Å². The lowest BCUT2D eigenvalue weighted by atomic mass is 10.1. The Bertz CT molecular complexity index is 359. The molecule has 0 N–H and O–H groups in total. The van der Waals surface area contributed by atoms with Crippen LogP contribution in [0, 0.1) is 0 Å². The van der Waals surface area contributed by atoms with Crippen molar-refractivity contribution in [2.45, 2.75) is 11.8 Å². The maximum absolute atomic E-state index is 12.5.